The quantitative estimate of drug-likeness (QED) is 0.756. The Balaban J connectivity index is 1.97. The predicted octanol–water partition coefficient (Wildman–Crippen LogP) is 5.01. The highest BCUT2D eigenvalue weighted by Gasteiger charge is 2.38. The minimum absolute atomic E-state index is 0.462. The second kappa shape index (κ2) is 6.16. The maximum Gasteiger partial charge on any atom is 0.0103 e. The highest BCUT2D eigenvalue weighted by molar-refractivity contribution is 4.94. The number of hydrogen-bond donors (Lipinski definition) is 1. The van der Waals surface area contributed by atoms with Gasteiger partial charge in [-0.25, -0.2) is 0 Å². The van der Waals surface area contributed by atoms with E-state index in [0.717, 1.165) is 29.8 Å². The first-order chi connectivity index (χ1) is 8.93. The predicted molar refractivity (Wildman–Crippen MR) is 84.3 cm³/mol. The summed E-state index contributed by atoms with van der Waals surface area (Å²) in [4.78, 5) is 0. The molecule has 2 saturated carbocycles. The van der Waals surface area contributed by atoms with E-state index >= 15 is 0 Å². The molecule has 0 saturated heterocycles. The lowest BCUT2D eigenvalue weighted by molar-refractivity contribution is 0.117. The van der Waals surface area contributed by atoms with Crippen molar-refractivity contribution in [2.24, 2.45) is 23.2 Å². The van der Waals surface area contributed by atoms with E-state index in [9.17, 15) is 0 Å². The largest absolute Gasteiger partial charge is 0.311 e. The normalized spacial score (nSPS) is 40.6. The molecule has 5 atom stereocenters. The van der Waals surface area contributed by atoms with Crippen molar-refractivity contribution in [1.29, 1.82) is 0 Å². The van der Waals surface area contributed by atoms with Crippen molar-refractivity contribution in [3.05, 3.63) is 0 Å². The number of nitrogens with one attached hydrogen (secondary N) is 1. The minimum Gasteiger partial charge on any atom is -0.311 e. The van der Waals surface area contributed by atoms with Gasteiger partial charge in [-0.3, -0.25) is 0 Å². The maximum atomic E-state index is 4.09. The number of hydrogen-bond acceptors (Lipinski definition) is 1. The van der Waals surface area contributed by atoms with Crippen LogP contribution in [0.1, 0.15) is 79.6 Å². The molecule has 0 amide bonds. The molecule has 0 heterocycles. The SMILES string of the molecule is CCC1CCC(NC2CCCCC2C(C)(C)C)C1C. The molecule has 1 nitrogen and oxygen atoms in total. The first-order valence-corrected chi connectivity index (χ1v) is 8.69. The van der Waals surface area contributed by atoms with E-state index in [1.54, 1.807) is 0 Å². The van der Waals surface area contributed by atoms with Crippen LogP contribution in [0.15, 0.2) is 0 Å². The molecule has 0 radical (unpaired) electrons. The fraction of sp³-hybridized carbons (Fsp3) is 1.00. The molecule has 0 aliphatic heterocycles. The van der Waals surface area contributed by atoms with Gasteiger partial charge in [0.2, 0.25) is 0 Å². The van der Waals surface area contributed by atoms with E-state index in [1.165, 1.54) is 44.9 Å². The van der Waals surface area contributed by atoms with Crippen molar-refractivity contribution < 1.29 is 0 Å². The Hall–Kier alpha value is -0.0400. The van der Waals surface area contributed by atoms with Crippen LogP contribution in [0.25, 0.3) is 0 Å². The van der Waals surface area contributed by atoms with Crippen LogP contribution in [0.5, 0.6) is 0 Å². The van der Waals surface area contributed by atoms with Crippen molar-refractivity contribution in [2.45, 2.75) is 91.6 Å². The lowest BCUT2D eigenvalue weighted by atomic mass is 9.69. The van der Waals surface area contributed by atoms with Crippen molar-refractivity contribution in [2.75, 3.05) is 0 Å². The van der Waals surface area contributed by atoms with Crippen molar-refractivity contribution >= 4 is 0 Å². The minimum atomic E-state index is 0.462. The summed E-state index contributed by atoms with van der Waals surface area (Å²) in [7, 11) is 0. The Morgan fingerprint density at radius 3 is 2.21 bits per heavy atom. The van der Waals surface area contributed by atoms with Gasteiger partial charge in [-0.2, -0.15) is 0 Å². The van der Waals surface area contributed by atoms with Crippen molar-refractivity contribution in [3.63, 3.8) is 0 Å². The molecule has 1 N–H and O–H groups in total. The Morgan fingerprint density at radius 2 is 1.63 bits per heavy atom. The van der Waals surface area contributed by atoms with Crippen molar-refractivity contribution in [3.8, 4) is 0 Å². The zero-order chi connectivity index (χ0) is 14.0. The van der Waals surface area contributed by atoms with Crippen LogP contribution in [0.4, 0.5) is 0 Å². The fourth-order valence-electron chi connectivity index (χ4n) is 4.70. The standard InChI is InChI=1S/C18H35N/c1-6-14-11-12-16(13(14)2)19-17-10-8-7-9-15(17)18(3,4)5/h13-17,19H,6-12H2,1-5H3. The van der Waals surface area contributed by atoms with Crippen LogP contribution in [-0.2, 0) is 0 Å². The lowest BCUT2D eigenvalue weighted by Gasteiger charge is -2.42. The molecule has 0 bridgehead atoms. The maximum absolute atomic E-state index is 4.09. The summed E-state index contributed by atoms with van der Waals surface area (Å²) in [5, 5.41) is 4.09. The van der Waals surface area contributed by atoms with Gasteiger partial charge in [0.1, 0.15) is 0 Å². The third kappa shape index (κ3) is 3.54. The molecule has 2 aliphatic rings. The topological polar surface area (TPSA) is 12.0 Å². The van der Waals surface area contributed by atoms with Gasteiger partial charge in [-0.1, -0.05) is 53.9 Å². The second-order valence-electron chi connectivity index (χ2n) is 8.24. The molecule has 112 valence electrons. The monoisotopic (exact) mass is 265 g/mol. The zero-order valence-electron chi connectivity index (χ0n) is 13.8. The highest BCUT2D eigenvalue weighted by Crippen LogP contribution is 2.40. The summed E-state index contributed by atoms with van der Waals surface area (Å²) in [5.41, 5.74) is 0.462. The van der Waals surface area contributed by atoms with Gasteiger partial charge in [0.05, 0.1) is 0 Å². The molecule has 0 aromatic rings. The Kier molecular flexibility index (Phi) is 4.98. The van der Waals surface area contributed by atoms with Crippen LogP contribution in [-0.4, -0.2) is 12.1 Å². The molecule has 0 aromatic heterocycles. The van der Waals surface area contributed by atoms with Crippen LogP contribution < -0.4 is 5.32 Å². The molecule has 1 heteroatoms. The van der Waals surface area contributed by atoms with Gasteiger partial charge in [-0.05, 0) is 48.9 Å². The van der Waals surface area contributed by atoms with Crippen LogP contribution in [0.2, 0.25) is 0 Å². The summed E-state index contributed by atoms with van der Waals surface area (Å²) in [6.45, 7) is 12.1. The van der Waals surface area contributed by atoms with Gasteiger partial charge in [-0.15, -0.1) is 0 Å². The van der Waals surface area contributed by atoms with Gasteiger partial charge < -0.3 is 5.32 Å². The molecule has 2 aliphatic carbocycles. The van der Waals surface area contributed by atoms with Crippen LogP contribution in [0, 0.1) is 23.2 Å². The van der Waals surface area contributed by atoms with Crippen molar-refractivity contribution in [1.82, 2.24) is 5.32 Å². The third-order valence-electron chi connectivity index (χ3n) is 6.06. The first-order valence-electron chi connectivity index (χ1n) is 8.69. The fourth-order valence-corrected chi connectivity index (χ4v) is 4.70. The summed E-state index contributed by atoms with van der Waals surface area (Å²) in [6.07, 6.45) is 9.93. The average molecular weight is 265 g/mol. The molecule has 19 heavy (non-hydrogen) atoms. The molecule has 0 spiro atoms. The van der Waals surface area contributed by atoms with E-state index in [4.69, 9.17) is 0 Å². The van der Waals surface area contributed by atoms with E-state index in [-0.39, 0.29) is 0 Å². The van der Waals surface area contributed by atoms with E-state index in [0.29, 0.717) is 5.41 Å². The zero-order valence-corrected chi connectivity index (χ0v) is 13.8. The van der Waals surface area contributed by atoms with Gasteiger partial charge in [0.15, 0.2) is 0 Å². The lowest BCUT2D eigenvalue weighted by Crippen LogP contribution is -2.49. The summed E-state index contributed by atoms with van der Waals surface area (Å²) >= 11 is 0. The Bertz CT molecular complexity index is 278. The van der Waals surface area contributed by atoms with Crippen LogP contribution >= 0.6 is 0 Å². The summed E-state index contributed by atoms with van der Waals surface area (Å²) < 4.78 is 0. The van der Waals surface area contributed by atoms with Gasteiger partial charge >= 0.3 is 0 Å². The molecule has 2 fully saturated rings. The van der Waals surface area contributed by atoms with Gasteiger partial charge in [0, 0.05) is 12.1 Å². The molecule has 2 rings (SSSR count). The highest BCUT2D eigenvalue weighted by atomic mass is 15.0. The molecule has 5 unspecified atom stereocenters. The average Bonchev–Trinajstić information content (AvgIpc) is 2.70. The summed E-state index contributed by atoms with van der Waals surface area (Å²) in [6, 6.07) is 1.56. The second-order valence-corrected chi connectivity index (χ2v) is 8.24. The van der Waals surface area contributed by atoms with Gasteiger partial charge in [0.25, 0.3) is 0 Å². The molecular weight excluding hydrogens is 230 g/mol. The first kappa shape index (κ1) is 15.4. The number of rotatable bonds is 3. The molecular formula is C18H35N. The summed E-state index contributed by atoms with van der Waals surface area (Å²) in [5.74, 6) is 2.72. The Labute approximate surface area is 120 Å². The smallest absolute Gasteiger partial charge is 0.0103 e. The van der Waals surface area contributed by atoms with Crippen LogP contribution in [0.3, 0.4) is 0 Å². The van der Waals surface area contributed by atoms with E-state index in [1.807, 2.05) is 0 Å². The van der Waals surface area contributed by atoms with E-state index < -0.39 is 0 Å². The molecule has 0 aromatic carbocycles. The van der Waals surface area contributed by atoms with E-state index in [2.05, 4.69) is 39.9 Å². The third-order valence-corrected chi connectivity index (χ3v) is 6.06. The Morgan fingerprint density at radius 1 is 0.947 bits per heavy atom.